The topological polar surface area (TPSA) is 43.4 Å². The van der Waals surface area contributed by atoms with Gasteiger partial charge in [0.1, 0.15) is 0 Å². The number of Topliss-reactive ketones (excluding diaryl/α,β-unsaturated/α-hetero) is 1. The summed E-state index contributed by atoms with van der Waals surface area (Å²) in [5, 5.41) is 6.33. The molecule has 0 atom stereocenters. The molecule has 0 radical (unpaired) electrons. The van der Waals surface area contributed by atoms with Gasteiger partial charge in [-0.15, -0.1) is 0 Å². The number of fused-ring (bicyclic) bond motifs is 1. The molecule has 2 rings (SSSR count). The number of ether oxygens (including phenoxy) is 1. The van der Waals surface area contributed by atoms with Crippen LogP contribution in [0, 0.1) is 0 Å². The van der Waals surface area contributed by atoms with Crippen LogP contribution in [0.25, 0.3) is 10.8 Å². The third-order valence-corrected chi connectivity index (χ3v) is 4.42. The summed E-state index contributed by atoms with van der Waals surface area (Å²) in [5.74, 6) is 0.0945. The summed E-state index contributed by atoms with van der Waals surface area (Å²) in [6.45, 7) is 2.26. The van der Waals surface area contributed by atoms with Crippen LogP contribution in [0.4, 0.5) is 0 Å². The minimum Gasteiger partial charge on any atom is -0.466 e. The molecule has 1 aromatic carbocycles. The Morgan fingerprint density at radius 2 is 1.82 bits per heavy atom. The monoisotopic (exact) mass is 318 g/mol. The maximum absolute atomic E-state index is 12.3. The normalized spacial score (nSPS) is 10.8. The van der Waals surface area contributed by atoms with E-state index in [0.29, 0.717) is 19.4 Å². The average molecular weight is 318 g/mol. The van der Waals surface area contributed by atoms with Gasteiger partial charge in [0.15, 0.2) is 5.78 Å². The summed E-state index contributed by atoms with van der Waals surface area (Å²) < 4.78 is 4.89. The largest absolute Gasteiger partial charge is 0.466 e. The Labute approximate surface area is 135 Å². The fourth-order valence-electron chi connectivity index (χ4n) is 2.51. The van der Waals surface area contributed by atoms with Crippen molar-refractivity contribution < 1.29 is 14.3 Å². The van der Waals surface area contributed by atoms with Gasteiger partial charge in [-0.25, -0.2) is 0 Å². The molecule has 0 unspecified atom stereocenters. The molecular formula is C18H22O3S. The molecule has 0 saturated heterocycles. The van der Waals surface area contributed by atoms with Crippen LogP contribution in [0.2, 0.25) is 0 Å². The van der Waals surface area contributed by atoms with E-state index in [1.54, 1.807) is 11.3 Å². The van der Waals surface area contributed by atoms with Crippen molar-refractivity contribution in [2.24, 2.45) is 0 Å². The summed E-state index contributed by atoms with van der Waals surface area (Å²) in [4.78, 5) is 23.5. The van der Waals surface area contributed by atoms with E-state index in [2.05, 4.69) is 5.38 Å². The van der Waals surface area contributed by atoms with Crippen LogP contribution in [0.1, 0.15) is 55.8 Å². The van der Waals surface area contributed by atoms with E-state index in [4.69, 9.17) is 4.74 Å². The molecule has 0 fully saturated rings. The molecule has 3 nitrogen and oxygen atoms in total. The standard InChI is InChI=1S/C18H22O3S/c1-2-21-18(20)11-6-4-3-5-10-17(19)15-9-7-8-14-12-22-13-16(14)15/h7-9,12-13H,2-6,10-11H2,1H3. The number of unbranched alkanes of at least 4 members (excludes halogenated alkanes) is 3. The molecule has 1 heterocycles. The third-order valence-electron chi connectivity index (χ3n) is 3.66. The van der Waals surface area contributed by atoms with Gasteiger partial charge in [0, 0.05) is 23.8 Å². The zero-order chi connectivity index (χ0) is 15.8. The van der Waals surface area contributed by atoms with Crippen molar-refractivity contribution in [3.8, 4) is 0 Å². The first-order chi connectivity index (χ1) is 10.7. The molecule has 0 spiro atoms. The number of benzene rings is 1. The molecule has 0 aliphatic rings. The highest BCUT2D eigenvalue weighted by Gasteiger charge is 2.10. The van der Waals surface area contributed by atoms with Crippen LogP contribution in [-0.2, 0) is 9.53 Å². The predicted molar refractivity (Wildman–Crippen MR) is 90.5 cm³/mol. The first-order valence-corrected chi connectivity index (χ1v) is 8.80. The van der Waals surface area contributed by atoms with E-state index in [1.165, 1.54) is 0 Å². The molecule has 4 heteroatoms. The third kappa shape index (κ3) is 4.67. The zero-order valence-corrected chi connectivity index (χ0v) is 13.8. The first kappa shape index (κ1) is 16.7. The Morgan fingerprint density at radius 3 is 2.59 bits per heavy atom. The second-order valence-corrected chi connectivity index (χ2v) is 6.07. The minimum atomic E-state index is -0.122. The van der Waals surface area contributed by atoms with Gasteiger partial charge in [-0.3, -0.25) is 9.59 Å². The van der Waals surface area contributed by atoms with E-state index < -0.39 is 0 Å². The Balaban J connectivity index is 1.70. The molecule has 0 aliphatic carbocycles. The number of ketones is 1. The molecule has 22 heavy (non-hydrogen) atoms. The first-order valence-electron chi connectivity index (χ1n) is 7.86. The number of hydrogen-bond donors (Lipinski definition) is 0. The highest BCUT2D eigenvalue weighted by Crippen LogP contribution is 2.24. The lowest BCUT2D eigenvalue weighted by Gasteiger charge is -2.04. The number of carbonyl (C=O) groups is 2. The van der Waals surface area contributed by atoms with Crippen LogP contribution in [0.15, 0.2) is 29.0 Å². The maximum atomic E-state index is 12.3. The van der Waals surface area contributed by atoms with Crippen molar-refractivity contribution in [3.63, 3.8) is 0 Å². The van der Waals surface area contributed by atoms with Crippen LogP contribution in [0.5, 0.6) is 0 Å². The Kier molecular flexibility index (Phi) is 6.59. The second kappa shape index (κ2) is 8.69. The van der Waals surface area contributed by atoms with Gasteiger partial charge in [0.05, 0.1) is 6.61 Å². The molecule has 0 amide bonds. The fourth-order valence-corrected chi connectivity index (χ4v) is 3.33. The van der Waals surface area contributed by atoms with E-state index in [9.17, 15) is 9.59 Å². The van der Waals surface area contributed by atoms with Crippen LogP contribution in [0.3, 0.4) is 0 Å². The highest BCUT2D eigenvalue weighted by atomic mass is 32.1. The lowest BCUT2D eigenvalue weighted by Crippen LogP contribution is -2.03. The van der Waals surface area contributed by atoms with Crippen molar-refractivity contribution in [3.05, 3.63) is 34.5 Å². The average Bonchev–Trinajstić information content (AvgIpc) is 2.99. The Bertz CT molecular complexity index is 630. The van der Waals surface area contributed by atoms with Crippen molar-refractivity contribution in [2.45, 2.75) is 45.4 Å². The Hall–Kier alpha value is -1.68. The van der Waals surface area contributed by atoms with Crippen LogP contribution >= 0.6 is 11.3 Å². The van der Waals surface area contributed by atoms with Gasteiger partial charge in [0.25, 0.3) is 0 Å². The predicted octanol–water partition coefficient (Wildman–Crippen LogP) is 4.99. The lowest BCUT2D eigenvalue weighted by atomic mass is 10.0. The number of esters is 1. The number of rotatable bonds is 9. The molecule has 0 N–H and O–H groups in total. The van der Waals surface area contributed by atoms with Gasteiger partial charge >= 0.3 is 5.97 Å². The van der Waals surface area contributed by atoms with E-state index in [1.807, 2.05) is 30.5 Å². The van der Waals surface area contributed by atoms with E-state index in [-0.39, 0.29) is 11.8 Å². The molecular weight excluding hydrogens is 296 g/mol. The molecule has 0 saturated carbocycles. The maximum Gasteiger partial charge on any atom is 0.305 e. The Morgan fingerprint density at radius 1 is 1.05 bits per heavy atom. The summed E-state index contributed by atoms with van der Waals surface area (Å²) in [6.07, 6.45) is 4.72. The van der Waals surface area contributed by atoms with Gasteiger partial charge in [-0.1, -0.05) is 31.0 Å². The quantitative estimate of drug-likeness (QED) is 0.372. The SMILES string of the molecule is CCOC(=O)CCCCCCC(=O)c1cccc2cscc12. The second-order valence-electron chi connectivity index (χ2n) is 5.32. The van der Waals surface area contributed by atoms with E-state index in [0.717, 1.165) is 42.0 Å². The van der Waals surface area contributed by atoms with Gasteiger partial charge in [-0.2, -0.15) is 11.3 Å². The van der Waals surface area contributed by atoms with E-state index >= 15 is 0 Å². The molecule has 0 aliphatic heterocycles. The lowest BCUT2D eigenvalue weighted by molar-refractivity contribution is -0.143. The summed E-state index contributed by atoms with van der Waals surface area (Å²) in [6, 6.07) is 5.90. The van der Waals surface area contributed by atoms with Gasteiger partial charge < -0.3 is 4.74 Å². The van der Waals surface area contributed by atoms with Gasteiger partial charge in [0.2, 0.25) is 0 Å². The smallest absolute Gasteiger partial charge is 0.305 e. The van der Waals surface area contributed by atoms with Crippen molar-refractivity contribution in [1.82, 2.24) is 0 Å². The molecule has 118 valence electrons. The molecule has 0 bridgehead atoms. The van der Waals surface area contributed by atoms with Crippen LogP contribution in [-0.4, -0.2) is 18.4 Å². The molecule has 2 aromatic rings. The number of carbonyl (C=O) groups excluding carboxylic acids is 2. The van der Waals surface area contributed by atoms with Gasteiger partial charge in [-0.05, 0) is 35.9 Å². The number of thiophene rings is 1. The zero-order valence-electron chi connectivity index (χ0n) is 13.0. The number of hydrogen-bond acceptors (Lipinski definition) is 4. The fraction of sp³-hybridized carbons (Fsp3) is 0.444. The van der Waals surface area contributed by atoms with Crippen molar-refractivity contribution in [1.29, 1.82) is 0 Å². The van der Waals surface area contributed by atoms with Crippen molar-refractivity contribution in [2.75, 3.05) is 6.61 Å². The molecule has 1 aromatic heterocycles. The minimum absolute atomic E-state index is 0.122. The summed E-state index contributed by atoms with van der Waals surface area (Å²) >= 11 is 1.63. The summed E-state index contributed by atoms with van der Waals surface area (Å²) in [7, 11) is 0. The van der Waals surface area contributed by atoms with Crippen molar-refractivity contribution >= 4 is 33.9 Å². The van der Waals surface area contributed by atoms with Crippen LogP contribution < -0.4 is 0 Å². The highest BCUT2D eigenvalue weighted by molar-refractivity contribution is 7.09. The summed E-state index contributed by atoms with van der Waals surface area (Å²) in [5.41, 5.74) is 0.838.